The van der Waals surface area contributed by atoms with Gasteiger partial charge in [-0.25, -0.2) is 13.4 Å². The van der Waals surface area contributed by atoms with E-state index < -0.39 is 15.9 Å². The molecule has 2 aromatic carbocycles. The molecule has 0 atom stereocenters. The maximum atomic E-state index is 13.2. The van der Waals surface area contributed by atoms with Gasteiger partial charge >= 0.3 is 0 Å². The van der Waals surface area contributed by atoms with Crippen LogP contribution in [0.25, 0.3) is 0 Å². The van der Waals surface area contributed by atoms with Crippen molar-refractivity contribution < 1.29 is 22.7 Å². The van der Waals surface area contributed by atoms with E-state index in [0.717, 1.165) is 16.7 Å². The summed E-state index contributed by atoms with van der Waals surface area (Å²) in [4.78, 5) is 28.3. The third kappa shape index (κ3) is 4.72. The Hall–Kier alpha value is -3.92. The molecule has 10 heteroatoms. The van der Waals surface area contributed by atoms with Crippen molar-refractivity contribution in [1.82, 2.24) is 4.98 Å². The normalized spacial score (nSPS) is 13.0. The number of rotatable bonds is 6. The monoisotopic (exact) mass is 480 g/mol. The molecule has 0 fully saturated rings. The molecule has 2 heterocycles. The van der Waals surface area contributed by atoms with Crippen molar-refractivity contribution in [2.24, 2.45) is 0 Å². The standard InChI is InChI=1S/C24H24N4O5S/c1-14-5-4-6-15(2)22(14)28-34(31,32)20-12-18(13-25-24(20)33-3)26-23(30)17-8-7-16-9-10-21(29)27-19(16)11-17/h4-8,11-13,28H,9-10H2,1-3H3,(H,26,30)(H,27,29). The van der Waals surface area contributed by atoms with E-state index in [1.807, 2.05) is 6.07 Å². The predicted octanol–water partition coefficient (Wildman–Crippen LogP) is 3.64. The van der Waals surface area contributed by atoms with Crippen LogP contribution in [0.2, 0.25) is 0 Å². The Kier molecular flexibility index (Phi) is 6.25. The lowest BCUT2D eigenvalue weighted by Crippen LogP contribution is -2.20. The number of anilines is 3. The summed E-state index contributed by atoms with van der Waals surface area (Å²) in [6.07, 6.45) is 2.33. The van der Waals surface area contributed by atoms with Crippen molar-refractivity contribution in [3.8, 4) is 5.88 Å². The largest absolute Gasteiger partial charge is 0.480 e. The number of benzene rings is 2. The van der Waals surface area contributed by atoms with Crippen LogP contribution in [0, 0.1) is 13.8 Å². The highest BCUT2D eigenvalue weighted by Crippen LogP contribution is 2.29. The first-order valence-corrected chi connectivity index (χ1v) is 12.0. The first kappa shape index (κ1) is 23.2. The Morgan fingerprint density at radius 1 is 1.09 bits per heavy atom. The molecule has 0 aliphatic carbocycles. The highest BCUT2D eigenvalue weighted by Gasteiger charge is 2.24. The number of pyridine rings is 1. The fourth-order valence-electron chi connectivity index (χ4n) is 3.73. The second-order valence-corrected chi connectivity index (χ2v) is 9.63. The van der Waals surface area contributed by atoms with Crippen LogP contribution in [0.15, 0.2) is 53.6 Å². The number of aromatic nitrogens is 1. The Bertz CT molecular complexity index is 1380. The minimum atomic E-state index is -4.08. The number of aryl methyl sites for hydroxylation is 3. The van der Waals surface area contributed by atoms with E-state index in [4.69, 9.17) is 4.74 Å². The molecule has 1 aromatic heterocycles. The maximum Gasteiger partial charge on any atom is 0.267 e. The molecule has 0 spiro atoms. The second kappa shape index (κ2) is 9.14. The van der Waals surface area contributed by atoms with Crippen LogP contribution >= 0.6 is 0 Å². The van der Waals surface area contributed by atoms with Gasteiger partial charge in [0.1, 0.15) is 0 Å². The smallest absolute Gasteiger partial charge is 0.267 e. The molecular weight excluding hydrogens is 456 g/mol. The van der Waals surface area contributed by atoms with Crippen LogP contribution < -0.4 is 20.1 Å². The number of methoxy groups -OCH3 is 1. The zero-order valence-corrected chi connectivity index (χ0v) is 19.7. The number of ether oxygens (including phenoxy) is 1. The minimum absolute atomic E-state index is 0.101. The van der Waals surface area contributed by atoms with Crippen molar-refractivity contribution in [2.45, 2.75) is 31.6 Å². The van der Waals surface area contributed by atoms with Gasteiger partial charge in [-0.3, -0.25) is 14.3 Å². The molecule has 0 saturated heterocycles. The van der Waals surface area contributed by atoms with E-state index in [-0.39, 0.29) is 22.4 Å². The number of fused-ring (bicyclic) bond motifs is 1. The van der Waals surface area contributed by atoms with Crippen LogP contribution in [-0.4, -0.2) is 32.3 Å². The quantitative estimate of drug-likeness (QED) is 0.494. The zero-order valence-electron chi connectivity index (χ0n) is 18.9. The number of amides is 2. The number of nitrogens with one attached hydrogen (secondary N) is 3. The molecule has 0 bridgehead atoms. The highest BCUT2D eigenvalue weighted by atomic mass is 32.2. The lowest BCUT2D eigenvalue weighted by atomic mass is 10.0. The Morgan fingerprint density at radius 3 is 2.53 bits per heavy atom. The summed E-state index contributed by atoms with van der Waals surface area (Å²) in [6.45, 7) is 3.61. The van der Waals surface area contributed by atoms with Crippen LogP contribution in [0.3, 0.4) is 0 Å². The van der Waals surface area contributed by atoms with E-state index in [0.29, 0.717) is 29.8 Å². The van der Waals surface area contributed by atoms with Gasteiger partial charge in [0, 0.05) is 17.7 Å². The molecule has 2 amide bonds. The van der Waals surface area contributed by atoms with Crippen molar-refractivity contribution >= 4 is 38.9 Å². The molecule has 34 heavy (non-hydrogen) atoms. The summed E-state index contributed by atoms with van der Waals surface area (Å²) in [5.41, 5.74) is 4.03. The van der Waals surface area contributed by atoms with Crippen LogP contribution in [0.4, 0.5) is 17.1 Å². The lowest BCUT2D eigenvalue weighted by molar-refractivity contribution is -0.116. The summed E-state index contributed by atoms with van der Waals surface area (Å²) in [7, 11) is -2.76. The maximum absolute atomic E-state index is 13.2. The molecule has 9 nitrogen and oxygen atoms in total. The first-order valence-electron chi connectivity index (χ1n) is 10.5. The fraction of sp³-hybridized carbons (Fsp3) is 0.208. The Balaban J connectivity index is 1.62. The molecule has 3 aromatic rings. The zero-order chi connectivity index (χ0) is 24.5. The summed E-state index contributed by atoms with van der Waals surface area (Å²) in [5, 5.41) is 5.42. The van der Waals surface area contributed by atoms with Gasteiger partial charge in [0.15, 0.2) is 4.90 Å². The first-order chi connectivity index (χ1) is 16.2. The van der Waals surface area contributed by atoms with Gasteiger partial charge in [-0.1, -0.05) is 24.3 Å². The number of carbonyl (C=O) groups excluding carboxylic acids is 2. The van der Waals surface area contributed by atoms with Gasteiger partial charge in [-0.05, 0) is 55.2 Å². The molecule has 4 rings (SSSR count). The number of sulfonamides is 1. The Labute approximate surface area is 197 Å². The van der Waals surface area contributed by atoms with Crippen molar-refractivity contribution in [2.75, 3.05) is 22.5 Å². The lowest BCUT2D eigenvalue weighted by Gasteiger charge is -2.18. The third-order valence-electron chi connectivity index (χ3n) is 5.54. The third-order valence-corrected chi connectivity index (χ3v) is 6.89. The van der Waals surface area contributed by atoms with Gasteiger partial charge in [-0.2, -0.15) is 0 Å². The Morgan fingerprint density at radius 2 is 1.82 bits per heavy atom. The van der Waals surface area contributed by atoms with Crippen LogP contribution in [0.5, 0.6) is 5.88 Å². The van der Waals surface area contributed by atoms with Gasteiger partial charge in [0.05, 0.1) is 24.7 Å². The van der Waals surface area contributed by atoms with E-state index in [1.54, 1.807) is 44.2 Å². The van der Waals surface area contributed by atoms with Gasteiger partial charge < -0.3 is 15.4 Å². The predicted molar refractivity (Wildman–Crippen MR) is 129 cm³/mol. The summed E-state index contributed by atoms with van der Waals surface area (Å²) in [6, 6.07) is 11.8. The average molecular weight is 481 g/mol. The van der Waals surface area contributed by atoms with Crippen LogP contribution in [-0.2, 0) is 21.2 Å². The van der Waals surface area contributed by atoms with E-state index >= 15 is 0 Å². The molecule has 1 aliphatic rings. The minimum Gasteiger partial charge on any atom is -0.480 e. The number of nitrogens with zero attached hydrogens (tertiary/aromatic N) is 1. The fourth-order valence-corrected chi connectivity index (χ4v) is 5.08. The van der Waals surface area contributed by atoms with Gasteiger partial charge in [-0.15, -0.1) is 0 Å². The van der Waals surface area contributed by atoms with E-state index in [2.05, 4.69) is 20.3 Å². The van der Waals surface area contributed by atoms with E-state index in [9.17, 15) is 18.0 Å². The molecule has 3 N–H and O–H groups in total. The van der Waals surface area contributed by atoms with Crippen molar-refractivity contribution in [3.63, 3.8) is 0 Å². The van der Waals surface area contributed by atoms with Crippen molar-refractivity contribution in [1.29, 1.82) is 0 Å². The number of hydrogen-bond donors (Lipinski definition) is 3. The molecule has 1 aliphatic heterocycles. The molecule has 0 radical (unpaired) electrons. The SMILES string of the molecule is COc1ncc(NC(=O)c2ccc3c(c2)NC(=O)CC3)cc1S(=O)(=O)Nc1c(C)cccc1C. The topological polar surface area (TPSA) is 126 Å². The van der Waals surface area contributed by atoms with Gasteiger partial charge in [0.25, 0.3) is 15.9 Å². The summed E-state index contributed by atoms with van der Waals surface area (Å²) in [5.74, 6) is -0.676. The molecular formula is C24H24N4O5S. The molecule has 176 valence electrons. The highest BCUT2D eigenvalue weighted by molar-refractivity contribution is 7.92. The van der Waals surface area contributed by atoms with Gasteiger partial charge in [0.2, 0.25) is 11.8 Å². The summed E-state index contributed by atoms with van der Waals surface area (Å²) >= 11 is 0. The molecule has 0 unspecified atom stereocenters. The molecule has 0 saturated carbocycles. The summed E-state index contributed by atoms with van der Waals surface area (Å²) < 4.78 is 34.2. The van der Waals surface area contributed by atoms with Crippen LogP contribution in [0.1, 0.15) is 33.5 Å². The van der Waals surface area contributed by atoms with E-state index in [1.165, 1.54) is 19.4 Å². The average Bonchev–Trinajstić information content (AvgIpc) is 2.81. The number of para-hydroxylation sites is 1. The number of hydrogen-bond acceptors (Lipinski definition) is 6. The van der Waals surface area contributed by atoms with Crippen molar-refractivity contribution in [3.05, 3.63) is 70.9 Å². The number of carbonyl (C=O) groups is 2. The second-order valence-electron chi connectivity index (χ2n) is 7.98.